The van der Waals surface area contributed by atoms with Crippen LogP contribution in [0.5, 0.6) is 5.75 Å². The first-order valence-corrected chi connectivity index (χ1v) is 15.2. The first-order chi connectivity index (χ1) is 19.3. The average molecular weight is 570 g/mol. The smallest absolute Gasteiger partial charge is 0.316 e. The summed E-state index contributed by atoms with van der Waals surface area (Å²) >= 11 is 0. The number of sulfonamides is 1. The summed E-state index contributed by atoms with van der Waals surface area (Å²) in [6, 6.07) is 14.7. The van der Waals surface area contributed by atoms with Gasteiger partial charge in [0.2, 0.25) is 15.8 Å². The summed E-state index contributed by atoms with van der Waals surface area (Å²) in [5, 5.41) is 15.3. The highest BCUT2D eigenvalue weighted by Crippen LogP contribution is 2.27. The monoisotopic (exact) mass is 569 g/mol. The minimum Gasteiger partial charge on any atom is -0.486 e. The average Bonchev–Trinajstić information content (AvgIpc) is 2.96. The van der Waals surface area contributed by atoms with Crippen LogP contribution in [0.1, 0.15) is 44.6 Å². The van der Waals surface area contributed by atoms with Gasteiger partial charge >= 0.3 is 5.56 Å². The molecule has 214 valence electrons. The maximum Gasteiger partial charge on any atom is 0.316 e. The molecular weight excluding hydrogens is 534 g/mol. The SMILES string of the molecule is CCCCCCCOc1c(N2CCN(S(=O)(=O)Cc3ccc([N+](=O)[O-])cc3)CC2)cnn(-c2ccccc2)c1=O. The van der Waals surface area contributed by atoms with Crippen molar-refractivity contribution >= 4 is 21.4 Å². The van der Waals surface area contributed by atoms with Gasteiger partial charge in [-0.2, -0.15) is 14.1 Å². The number of nitro groups is 1. The van der Waals surface area contributed by atoms with Crippen molar-refractivity contribution in [3.8, 4) is 11.4 Å². The number of rotatable bonds is 13. The fourth-order valence-electron chi connectivity index (χ4n) is 4.65. The molecule has 1 aliphatic heterocycles. The van der Waals surface area contributed by atoms with E-state index in [0.717, 1.165) is 25.7 Å². The third kappa shape index (κ3) is 7.24. The van der Waals surface area contributed by atoms with Gasteiger partial charge in [0, 0.05) is 38.3 Å². The Bertz CT molecular complexity index is 1440. The molecule has 12 heteroatoms. The number of ether oxygens (including phenoxy) is 1. The summed E-state index contributed by atoms with van der Waals surface area (Å²) in [5.41, 5.74) is 1.23. The van der Waals surface area contributed by atoms with Crippen molar-refractivity contribution in [3.63, 3.8) is 0 Å². The number of non-ortho nitro benzene ring substituents is 1. The van der Waals surface area contributed by atoms with Crippen molar-refractivity contribution in [1.29, 1.82) is 0 Å². The highest BCUT2D eigenvalue weighted by molar-refractivity contribution is 7.88. The summed E-state index contributed by atoms with van der Waals surface area (Å²) in [6.07, 6.45) is 6.90. The maximum atomic E-state index is 13.5. The molecule has 1 fully saturated rings. The first-order valence-electron chi connectivity index (χ1n) is 13.6. The predicted octanol–water partition coefficient (Wildman–Crippen LogP) is 4.14. The van der Waals surface area contributed by atoms with E-state index in [1.54, 1.807) is 18.3 Å². The molecule has 0 saturated carbocycles. The largest absolute Gasteiger partial charge is 0.486 e. The Hall–Kier alpha value is -3.77. The fourth-order valence-corrected chi connectivity index (χ4v) is 6.16. The van der Waals surface area contributed by atoms with Gasteiger partial charge in [0.05, 0.1) is 29.2 Å². The van der Waals surface area contributed by atoms with Crippen molar-refractivity contribution in [2.24, 2.45) is 0 Å². The second kappa shape index (κ2) is 13.5. The maximum absolute atomic E-state index is 13.5. The Morgan fingerprint density at radius 1 is 0.950 bits per heavy atom. The minimum absolute atomic E-state index is 0.0865. The van der Waals surface area contributed by atoms with Crippen molar-refractivity contribution in [3.05, 3.63) is 86.8 Å². The number of anilines is 1. The third-order valence-electron chi connectivity index (χ3n) is 6.88. The molecule has 0 spiro atoms. The van der Waals surface area contributed by atoms with Gasteiger partial charge in [-0.1, -0.05) is 62.9 Å². The molecule has 4 rings (SSSR count). The number of nitro benzene ring substituents is 1. The van der Waals surface area contributed by atoms with Gasteiger partial charge in [0.25, 0.3) is 5.69 Å². The lowest BCUT2D eigenvalue weighted by molar-refractivity contribution is -0.384. The van der Waals surface area contributed by atoms with E-state index in [2.05, 4.69) is 12.0 Å². The molecule has 1 aromatic heterocycles. The van der Waals surface area contributed by atoms with Crippen LogP contribution in [-0.2, 0) is 15.8 Å². The number of nitrogens with zero attached hydrogens (tertiary/aromatic N) is 5. The van der Waals surface area contributed by atoms with E-state index in [-0.39, 0.29) is 35.8 Å². The molecule has 0 N–H and O–H groups in total. The van der Waals surface area contributed by atoms with E-state index in [4.69, 9.17) is 4.74 Å². The Balaban J connectivity index is 1.47. The number of piperazine rings is 1. The molecule has 0 bridgehead atoms. The summed E-state index contributed by atoms with van der Waals surface area (Å²) in [6.45, 7) is 3.76. The van der Waals surface area contributed by atoms with Gasteiger partial charge < -0.3 is 9.64 Å². The van der Waals surface area contributed by atoms with Crippen molar-refractivity contribution in [2.75, 3.05) is 37.7 Å². The van der Waals surface area contributed by atoms with Crippen LogP contribution in [0.4, 0.5) is 11.4 Å². The second-order valence-corrected chi connectivity index (χ2v) is 11.7. The van der Waals surface area contributed by atoms with Gasteiger partial charge in [-0.25, -0.2) is 8.42 Å². The van der Waals surface area contributed by atoms with Crippen LogP contribution in [0.2, 0.25) is 0 Å². The molecule has 11 nitrogen and oxygen atoms in total. The molecule has 1 aliphatic rings. The normalized spacial score (nSPS) is 14.3. The van der Waals surface area contributed by atoms with Crippen LogP contribution in [0.15, 0.2) is 65.6 Å². The number of benzene rings is 2. The standard InChI is InChI=1S/C28H35N5O6S/c1-2-3-4-5-9-20-39-27-26(21-29-32(28(27)34)24-10-7-6-8-11-24)30-16-18-31(19-17-30)40(37,38)22-23-12-14-25(15-13-23)33(35)36/h6-8,10-15,21H,2-5,9,16-20,22H2,1H3. The molecule has 2 heterocycles. The van der Waals surface area contributed by atoms with Crippen LogP contribution in [-0.4, -0.2) is 60.2 Å². The van der Waals surface area contributed by atoms with Crippen LogP contribution in [0.3, 0.4) is 0 Å². The van der Waals surface area contributed by atoms with Gasteiger partial charge in [-0.05, 0) is 24.1 Å². The number of hydrogen-bond acceptors (Lipinski definition) is 8. The van der Waals surface area contributed by atoms with Crippen molar-refractivity contribution in [1.82, 2.24) is 14.1 Å². The highest BCUT2D eigenvalue weighted by Gasteiger charge is 2.29. The van der Waals surface area contributed by atoms with E-state index >= 15 is 0 Å². The zero-order chi connectivity index (χ0) is 28.5. The Labute approximate surface area is 234 Å². The lowest BCUT2D eigenvalue weighted by atomic mass is 10.2. The number of unbranched alkanes of at least 4 members (excludes halogenated alkanes) is 4. The Kier molecular flexibility index (Phi) is 9.88. The van der Waals surface area contributed by atoms with Crippen molar-refractivity contribution in [2.45, 2.75) is 44.8 Å². The molecule has 0 radical (unpaired) electrons. The van der Waals surface area contributed by atoms with Gasteiger partial charge in [0.15, 0.2) is 0 Å². The third-order valence-corrected chi connectivity index (χ3v) is 8.73. The Morgan fingerprint density at radius 3 is 2.27 bits per heavy atom. The van der Waals surface area contributed by atoms with Gasteiger partial charge in [-0.15, -0.1) is 0 Å². The number of para-hydroxylation sites is 1. The molecule has 0 atom stereocenters. The van der Waals surface area contributed by atoms with Gasteiger partial charge in [-0.3, -0.25) is 14.9 Å². The van der Waals surface area contributed by atoms with E-state index in [0.29, 0.717) is 36.6 Å². The number of aromatic nitrogens is 2. The van der Waals surface area contributed by atoms with Crippen LogP contribution >= 0.6 is 0 Å². The quantitative estimate of drug-likeness (QED) is 0.171. The van der Waals surface area contributed by atoms with Crippen molar-refractivity contribution < 1.29 is 18.1 Å². The molecule has 0 aliphatic carbocycles. The summed E-state index contributed by atoms with van der Waals surface area (Å²) in [4.78, 5) is 25.8. The van der Waals surface area contributed by atoms with Crippen LogP contribution < -0.4 is 15.2 Å². The molecule has 40 heavy (non-hydrogen) atoms. The van der Waals surface area contributed by atoms with Gasteiger partial charge in [0.1, 0.15) is 5.69 Å². The van der Waals surface area contributed by atoms with E-state index in [9.17, 15) is 23.3 Å². The zero-order valence-corrected chi connectivity index (χ0v) is 23.5. The molecule has 1 saturated heterocycles. The lowest BCUT2D eigenvalue weighted by Gasteiger charge is -2.35. The predicted molar refractivity (Wildman–Crippen MR) is 154 cm³/mol. The zero-order valence-electron chi connectivity index (χ0n) is 22.6. The summed E-state index contributed by atoms with van der Waals surface area (Å²) < 4.78 is 34.9. The Morgan fingerprint density at radius 2 is 1.62 bits per heavy atom. The van der Waals surface area contributed by atoms with E-state index < -0.39 is 14.9 Å². The van der Waals surface area contributed by atoms with E-state index in [1.165, 1.54) is 39.7 Å². The lowest BCUT2D eigenvalue weighted by Crippen LogP contribution is -2.49. The molecule has 0 unspecified atom stereocenters. The second-order valence-electron chi connectivity index (χ2n) is 9.74. The highest BCUT2D eigenvalue weighted by atomic mass is 32.2. The van der Waals surface area contributed by atoms with E-state index in [1.807, 2.05) is 23.1 Å². The van der Waals surface area contributed by atoms with Crippen LogP contribution in [0.25, 0.3) is 5.69 Å². The molecule has 0 amide bonds. The molecule has 3 aromatic rings. The molecular formula is C28H35N5O6S. The fraction of sp³-hybridized carbons (Fsp3) is 0.429. The summed E-state index contributed by atoms with van der Waals surface area (Å²) in [5.74, 6) is -0.0250. The van der Waals surface area contributed by atoms with Crippen LogP contribution in [0, 0.1) is 10.1 Å². The summed E-state index contributed by atoms with van der Waals surface area (Å²) in [7, 11) is -3.64. The molecule has 2 aromatic carbocycles. The first kappa shape index (κ1) is 29.2. The number of hydrogen-bond donors (Lipinski definition) is 0. The minimum atomic E-state index is -3.64. The topological polar surface area (TPSA) is 128 Å².